The molecular weight excluding hydrogens is 302 g/mol. The topological polar surface area (TPSA) is 94.0 Å². The van der Waals surface area contributed by atoms with Crippen LogP contribution >= 0.6 is 0 Å². The van der Waals surface area contributed by atoms with Crippen LogP contribution in [-0.4, -0.2) is 31.2 Å². The summed E-state index contributed by atoms with van der Waals surface area (Å²) < 4.78 is 30.8. The van der Waals surface area contributed by atoms with Gasteiger partial charge in [0, 0.05) is 0 Å². The smallest absolute Gasteiger partial charge is 0.130 e. The molecule has 0 radical (unpaired) electrons. The lowest BCUT2D eigenvalue weighted by molar-refractivity contribution is -0.669. The fraction of sp³-hybridized carbons (Fsp3) is 0.250. The molecule has 0 saturated heterocycles. The van der Waals surface area contributed by atoms with Crippen molar-refractivity contribution in [3.05, 3.63) is 66.2 Å². The highest BCUT2D eigenvalue weighted by Crippen LogP contribution is 2.13. The number of aliphatic hydroxyl groups excluding tert-OH is 1. The van der Waals surface area contributed by atoms with Crippen LogP contribution in [0.2, 0.25) is 0 Å². The molecule has 0 bridgehead atoms. The van der Waals surface area contributed by atoms with Crippen molar-refractivity contribution in [3.8, 4) is 0 Å². The summed E-state index contributed by atoms with van der Waals surface area (Å²) in [6.07, 6.45) is -0.365. The van der Waals surface area contributed by atoms with E-state index in [1.54, 1.807) is 6.07 Å². The van der Waals surface area contributed by atoms with Crippen LogP contribution in [0.3, 0.4) is 0 Å². The average molecular weight is 323 g/mol. The number of hydrogen-bond donors (Lipinski definition) is 2. The number of nitrogens with two attached hydrogens (primary N) is 1. The molecule has 120 valence electrons. The normalized spacial score (nSPS) is 13.6. The largest absolute Gasteiger partial charge is 0.744 e. The molecule has 5 nitrogen and oxygen atoms in total. The van der Waals surface area contributed by atoms with E-state index in [2.05, 4.69) is 0 Å². The Morgan fingerprint density at radius 1 is 1.00 bits per heavy atom. The van der Waals surface area contributed by atoms with E-state index in [9.17, 15) is 18.1 Å². The molecule has 6 heteroatoms. The van der Waals surface area contributed by atoms with E-state index in [0.717, 1.165) is 5.56 Å². The Labute approximate surface area is 131 Å². The Kier molecular flexibility index (Phi) is 7.20. The zero-order valence-corrected chi connectivity index (χ0v) is 13.4. The van der Waals surface area contributed by atoms with E-state index in [4.69, 9.17) is 0 Å². The number of rotatable bonds is 4. The first kappa shape index (κ1) is 18.3. The maximum atomic E-state index is 10.3. The molecule has 2 rings (SSSR count). The van der Waals surface area contributed by atoms with Gasteiger partial charge in [-0.05, 0) is 24.6 Å². The maximum Gasteiger partial charge on any atom is 0.130 e. The Bertz CT molecular complexity index is 644. The Morgan fingerprint density at radius 2 is 1.45 bits per heavy atom. The summed E-state index contributed by atoms with van der Waals surface area (Å²) in [5, 5.41) is 11.8. The van der Waals surface area contributed by atoms with Gasteiger partial charge in [0.1, 0.15) is 22.3 Å². The summed E-state index contributed by atoms with van der Waals surface area (Å²) in [5.41, 5.74) is 0.989. The van der Waals surface area contributed by atoms with E-state index in [0.29, 0.717) is 0 Å². The van der Waals surface area contributed by atoms with Crippen LogP contribution in [-0.2, 0) is 10.1 Å². The highest BCUT2D eigenvalue weighted by atomic mass is 32.2. The lowest BCUT2D eigenvalue weighted by Crippen LogP contribution is -2.86. The molecule has 2 atom stereocenters. The molecule has 0 aliphatic heterocycles. The third-order valence-corrected chi connectivity index (χ3v) is 4.05. The van der Waals surface area contributed by atoms with Gasteiger partial charge in [-0.1, -0.05) is 48.5 Å². The first-order chi connectivity index (χ1) is 10.4. The van der Waals surface area contributed by atoms with Gasteiger partial charge in [-0.3, -0.25) is 0 Å². The van der Waals surface area contributed by atoms with Gasteiger partial charge in [-0.25, -0.2) is 8.42 Å². The minimum atomic E-state index is -4.25. The molecule has 22 heavy (non-hydrogen) atoms. The highest BCUT2D eigenvalue weighted by molar-refractivity contribution is 7.85. The molecule has 0 unspecified atom stereocenters. The minimum Gasteiger partial charge on any atom is -0.744 e. The van der Waals surface area contributed by atoms with Crippen molar-refractivity contribution < 1.29 is 23.4 Å². The van der Waals surface area contributed by atoms with E-state index >= 15 is 0 Å². The quantitative estimate of drug-likeness (QED) is 0.817. The average Bonchev–Trinajstić information content (AvgIpc) is 2.55. The van der Waals surface area contributed by atoms with E-state index < -0.39 is 10.1 Å². The van der Waals surface area contributed by atoms with Gasteiger partial charge < -0.3 is 15.0 Å². The Hall–Kier alpha value is -1.73. The summed E-state index contributed by atoms with van der Waals surface area (Å²) >= 11 is 0. The number of likely N-dealkylation sites (N-methyl/N-ethyl adjacent to an activating group) is 1. The third-order valence-electron chi connectivity index (χ3n) is 3.20. The van der Waals surface area contributed by atoms with Gasteiger partial charge in [0.2, 0.25) is 0 Å². The highest BCUT2D eigenvalue weighted by Gasteiger charge is 2.16. The molecule has 0 aromatic heterocycles. The molecule has 0 aliphatic carbocycles. The summed E-state index contributed by atoms with van der Waals surface area (Å²) in [6.45, 7) is 2.01. The van der Waals surface area contributed by atoms with Crippen molar-refractivity contribution in [2.45, 2.75) is 24.0 Å². The molecule has 0 aliphatic rings. The summed E-state index contributed by atoms with van der Waals surface area (Å²) in [7, 11) is -2.28. The van der Waals surface area contributed by atoms with Crippen LogP contribution in [0.15, 0.2) is 65.6 Å². The Morgan fingerprint density at radius 3 is 1.82 bits per heavy atom. The zero-order chi connectivity index (χ0) is 16.6. The maximum absolute atomic E-state index is 10.3. The molecule has 0 saturated carbocycles. The van der Waals surface area contributed by atoms with Gasteiger partial charge in [-0.15, -0.1) is 0 Å². The molecular formula is C16H21NO4S. The van der Waals surface area contributed by atoms with Crippen molar-refractivity contribution in [1.29, 1.82) is 0 Å². The Balaban J connectivity index is 0.000000224. The summed E-state index contributed by atoms with van der Waals surface area (Å²) in [5.74, 6) is 0. The minimum absolute atomic E-state index is 0.185. The van der Waals surface area contributed by atoms with Crippen LogP contribution in [0.1, 0.15) is 18.6 Å². The zero-order valence-electron chi connectivity index (χ0n) is 12.6. The number of quaternary nitrogens is 1. The summed E-state index contributed by atoms with van der Waals surface area (Å²) in [4.78, 5) is -0.185. The van der Waals surface area contributed by atoms with Crippen molar-refractivity contribution >= 4 is 10.1 Å². The van der Waals surface area contributed by atoms with Crippen molar-refractivity contribution in [3.63, 3.8) is 0 Å². The van der Waals surface area contributed by atoms with E-state index in [1.807, 2.05) is 49.6 Å². The van der Waals surface area contributed by atoms with Gasteiger partial charge in [0.25, 0.3) is 0 Å². The van der Waals surface area contributed by atoms with Crippen molar-refractivity contribution in [1.82, 2.24) is 0 Å². The molecule has 2 aromatic rings. The standard InChI is InChI=1S/C10H15NO.C6H6O3S/c1-8(11-2)10(12)9-6-4-3-5-7-9;7-10(8,9)6-4-2-1-3-5-6/h3-8,10-12H,1-2H3;1-5H,(H,7,8,9)/t8-,10-;/m1./s1. The van der Waals surface area contributed by atoms with Crippen LogP contribution in [0.5, 0.6) is 0 Å². The number of benzene rings is 2. The van der Waals surface area contributed by atoms with Crippen LogP contribution < -0.4 is 5.32 Å². The van der Waals surface area contributed by atoms with E-state index in [1.165, 1.54) is 24.3 Å². The van der Waals surface area contributed by atoms with Gasteiger partial charge >= 0.3 is 0 Å². The third kappa shape index (κ3) is 5.95. The van der Waals surface area contributed by atoms with Crippen molar-refractivity contribution in [2.75, 3.05) is 7.05 Å². The first-order valence-electron chi connectivity index (χ1n) is 6.89. The second-order valence-corrected chi connectivity index (χ2v) is 6.19. The van der Waals surface area contributed by atoms with Gasteiger partial charge in [0.05, 0.1) is 11.9 Å². The lowest BCUT2D eigenvalue weighted by Gasteiger charge is -2.15. The predicted octanol–water partition coefficient (Wildman–Crippen LogP) is 0.892. The van der Waals surface area contributed by atoms with Crippen LogP contribution in [0.4, 0.5) is 0 Å². The fourth-order valence-electron chi connectivity index (χ4n) is 1.72. The van der Waals surface area contributed by atoms with Gasteiger partial charge in [0.15, 0.2) is 0 Å². The summed E-state index contributed by atoms with van der Waals surface area (Å²) in [6, 6.07) is 17.1. The van der Waals surface area contributed by atoms with E-state index in [-0.39, 0.29) is 17.0 Å². The van der Waals surface area contributed by atoms with Crippen LogP contribution in [0, 0.1) is 0 Å². The second kappa shape index (κ2) is 8.65. The first-order valence-corrected chi connectivity index (χ1v) is 8.30. The molecule has 0 heterocycles. The van der Waals surface area contributed by atoms with Crippen LogP contribution in [0.25, 0.3) is 0 Å². The molecule has 0 amide bonds. The second-order valence-electron chi connectivity index (χ2n) is 4.82. The van der Waals surface area contributed by atoms with Crippen molar-refractivity contribution in [2.24, 2.45) is 0 Å². The fourth-order valence-corrected chi connectivity index (χ4v) is 2.21. The number of hydrogen-bond acceptors (Lipinski definition) is 4. The SMILES string of the molecule is C[NH2+][C@H](C)[C@@H](O)c1ccccc1.O=S(=O)([O-])c1ccccc1. The molecule has 3 N–H and O–H groups in total. The van der Waals surface area contributed by atoms with Gasteiger partial charge in [-0.2, -0.15) is 0 Å². The number of aliphatic hydroxyl groups is 1. The molecule has 0 spiro atoms. The molecule has 0 fully saturated rings. The lowest BCUT2D eigenvalue weighted by atomic mass is 10.0. The predicted molar refractivity (Wildman–Crippen MR) is 83.1 cm³/mol. The monoisotopic (exact) mass is 323 g/mol. The molecule has 2 aromatic carbocycles.